The van der Waals surface area contributed by atoms with Crippen molar-refractivity contribution in [1.29, 1.82) is 0 Å². The Balaban J connectivity index is 2.85. The molecule has 7 nitrogen and oxygen atoms in total. The minimum Gasteiger partial charge on any atom is -0.467 e. The van der Waals surface area contributed by atoms with E-state index in [-0.39, 0.29) is 0 Å². The van der Waals surface area contributed by atoms with Gasteiger partial charge in [-0.1, -0.05) is 13.3 Å². The van der Waals surface area contributed by atoms with E-state index < -0.39 is 36.4 Å². The van der Waals surface area contributed by atoms with Gasteiger partial charge in [0.2, 0.25) is 0 Å². The molecule has 1 rings (SSSR count). The highest BCUT2D eigenvalue weighted by Gasteiger charge is 2.49. The van der Waals surface area contributed by atoms with Gasteiger partial charge >= 0.3 is 5.97 Å². The molecule has 21 heavy (non-hydrogen) atoms. The van der Waals surface area contributed by atoms with Gasteiger partial charge < -0.3 is 28.8 Å². The molecule has 124 valence electrons. The van der Waals surface area contributed by atoms with Crippen molar-refractivity contribution in [1.82, 2.24) is 0 Å². The van der Waals surface area contributed by atoms with Crippen molar-refractivity contribution in [3.05, 3.63) is 0 Å². The number of hydrogen-bond donors (Lipinski definition) is 1. The van der Waals surface area contributed by atoms with E-state index in [1.165, 1.54) is 14.2 Å². The molecule has 0 aromatic carbocycles. The monoisotopic (exact) mass is 306 g/mol. The molecule has 0 spiro atoms. The fourth-order valence-corrected chi connectivity index (χ4v) is 2.15. The second-order valence-corrected chi connectivity index (χ2v) is 5.36. The lowest BCUT2D eigenvalue weighted by molar-refractivity contribution is -0.185. The number of hydrogen-bond acceptors (Lipinski definition) is 7. The number of aliphatic hydroxyl groups is 1. The highest BCUT2D eigenvalue weighted by Crippen LogP contribution is 2.32. The predicted molar refractivity (Wildman–Crippen MR) is 73.5 cm³/mol. The Bertz CT molecular complexity index is 331. The van der Waals surface area contributed by atoms with Crippen LogP contribution in [0.1, 0.15) is 33.6 Å². The summed E-state index contributed by atoms with van der Waals surface area (Å²) in [6.07, 6.45) is -2.11. The van der Waals surface area contributed by atoms with Crippen LogP contribution in [0.4, 0.5) is 0 Å². The number of carbonyl (C=O) groups is 1. The molecule has 4 unspecified atom stereocenters. The van der Waals surface area contributed by atoms with E-state index >= 15 is 0 Å². The molecule has 0 bridgehead atoms. The Hall–Kier alpha value is -0.730. The molecule has 1 aliphatic rings. The molecule has 0 aromatic heterocycles. The van der Waals surface area contributed by atoms with Gasteiger partial charge in [0.1, 0.15) is 12.2 Å². The van der Waals surface area contributed by atoms with Crippen molar-refractivity contribution in [2.45, 2.75) is 64.0 Å². The number of carbonyl (C=O) groups excluding carboxylic acids is 1. The summed E-state index contributed by atoms with van der Waals surface area (Å²) in [4.78, 5) is 11.6. The lowest BCUT2D eigenvalue weighted by Gasteiger charge is -2.28. The third kappa shape index (κ3) is 4.89. The second kappa shape index (κ2) is 8.05. The van der Waals surface area contributed by atoms with Gasteiger partial charge in [0, 0.05) is 13.7 Å². The van der Waals surface area contributed by atoms with Crippen LogP contribution in [0.25, 0.3) is 0 Å². The van der Waals surface area contributed by atoms with Crippen molar-refractivity contribution >= 4 is 5.97 Å². The third-order valence-corrected chi connectivity index (χ3v) is 3.21. The highest BCUT2D eigenvalue weighted by molar-refractivity contribution is 5.75. The topological polar surface area (TPSA) is 83.5 Å². The van der Waals surface area contributed by atoms with E-state index in [2.05, 4.69) is 4.74 Å². The smallest absolute Gasteiger partial charge is 0.337 e. The zero-order chi connectivity index (χ0) is 16.0. The maximum absolute atomic E-state index is 11.6. The summed E-state index contributed by atoms with van der Waals surface area (Å²) in [6.45, 7) is 5.87. The Morgan fingerprint density at radius 2 is 2.00 bits per heavy atom. The van der Waals surface area contributed by atoms with Crippen LogP contribution in [0.5, 0.6) is 0 Å². The standard InChI is InChI=1S/C14H26O7/c1-6-7-8-19-10(9(15)12(16)17-4)11-13(18-5)21-14(2,3)20-11/h9-11,13,15H,6-8H2,1-5H3. The minimum atomic E-state index is -1.47. The molecule has 0 saturated carbocycles. The Labute approximate surface area is 125 Å². The van der Waals surface area contributed by atoms with Gasteiger partial charge in [-0.25, -0.2) is 4.79 Å². The fraction of sp³-hybridized carbons (Fsp3) is 0.929. The Morgan fingerprint density at radius 1 is 1.33 bits per heavy atom. The molecule has 0 aliphatic carbocycles. The second-order valence-electron chi connectivity index (χ2n) is 5.36. The van der Waals surface area contributed by atoms with E-state index in [1.807, 2.05) is 6.92 Å². The van der Waals surface area contributed by atoms with Gasteiger partial charge in [-0.2, -0.15) is 0 Å². The number of methoxy groups -OCH3 is 2. The number of rotatable bonds is 8. The van der Waals surface area contributed by atoms with Crippen molar-refractivity contribution in [2.24, 2.45) is 0 Å². The molecular formula is C14H26O7. The van der Waals surface area contributed by atoms with Gasteiger partial charge in [0.25, 0.3) is 0 Å². The normalized spacial score (nSPS) is 27.3. The van der Waals surface area contributed by atoms with Crippen LogP contribution >= 0.6 is 0 Å². The lowest BCUT2D eigenvalue weighted by Crippen LogP contribution is -2.49. The summed E-state index contributed by atoms with van der Waals surface area (Å²) >= 11 is 0. The van der Waals surface area contributed by atoms with Gasteiger partial charge in [-0.15, -0.1) is 0 Å². The lowest BCUT2D eigenvalue weighted by atomic mass is 10.1. The van der Waals surface area contributed by atoms with Gasteiger partial charge in [-0.3, -0.25) is 0 Å². The third-order valence-electron chi connectivity index (χ3n) is 3.21. The van der Waals surface area contributed by atoms with Crippen LogP contribution in [0.3, 0.4) is 0 Å². The first kappa shape index (κ1) is 18.3. The number of ether oxygens (including phenoxy) is 5. The molecule has 1 heterocycles. The first-order chi connectivity index (χ1) is 9.86. The maximum atomic E-state index is 11.6. The summed E-state index contributed by atoms with van der Waals surface area (Å²) in [5, 5.41) is 10.1. The van der Waals surface area contributed by atoms with Crippen LogP contribution < -0.4 is 0 Å². The van der Waals surface area contributed by atoms with Crippen LogP contribution in [0, 0.1) is 0 Å². The van der Waals surface area contributed by atoms with Gasteiger partial charge in [-0.05, 0) is 20.3 Å². The van der Waals surface area contributed by atoms with Crippen molar-refractivity contribution in [3.8, 4) is 0 Å². The quantitative estimate of drug-likeness (QED) is 0.525. The SMILES string of the molecule is CCCCOC(C(O)C(=O)OC)C1OC(C)(C)OC1OC. The summed E-state index contributed by atoms with van der Waals surface area (Å²) in [6, 6.07) is 0. The average Bonchev–Trinajstić information content (AvgIpc) is 2.77. The molecule has 0 radical (unpaired) electrons. The maximum Gasteiger partial charge on any atom is 0.337 e. The minimum absolute atomic E-state index is 0.395. The number of esters is 1. The first-order valence-electron chi connectivity index (χ1n) is 7.12. The van der Waals surface area contributed by atoms with Crippen LogP contribution in [-0.2, 0) is 28.5 Å². The highest BCUT2D eigenvalue weighted by atomic mass is 16.8. The summed E-state index contributed by atoms with van der Waals surface area (Å²) < 4.78 is 26.7. The van der Waals surface area contributed by atoms with Crippen LogP contribution in [0.2, 0.25) is 0 Å². The summed E-state index contributed by atoms with van der Waals surface area (Å²) in [7, 11) is 2.68. The molecule has 0 aromatic rings. The summed E-state index contributed by atoms with van der Waals surface area (Å²) in [5.74, 6) is -1.66. The van der Waals surface area contributed by atoms with E-state index in [9.17, 15) is 9.90 Å². The van der Waals surface area contributed by atoms with E-state index in [1.54, 1.807) is 13.8 Å². The van der Waals surface area contributed by atoms with Crippen molar-refractivity contribution in [2.75, 3.05) is 20.8 Å². The molecule has 1 fully saturated rings. The van der Waals surface area contributed by atoms with E-state index in [4.69, 9.17) is 18.9 Å². The zero-order valence-corrected chi connectivity index (χ0v) is 13.3. The summed E-state index contributed by atoms with van der Waals surface area (Å²) in [5.41, 5.74) is 0. The Kier molecular flexibility index (Phi) is 7.02. The van der Waals surface area contributed by atoms with Gasteiger partial charge in [0.05, 0.1) is 7.11 Å². The van der Waals surface area contributed by atoms with Crippen molar-refractivity contribution < 1.29 is 33.6 Å². The molecule has 1 N–H and O–H groups in total. The first-order valence-corrected chi connectivity index (χ1v) is 7.12. The van der Waals surface area contributed by atoms with E-state index in [0.29, 0.717) is 6.61 Å². The van der Waals surface area contributed by atoms with Crippen molar-refractivity contribution in [3.63, 3.8) is 0 Å². The Morgan fingerprint density at radius 3 is 2.52 bits per heavy atom. The van der Waals surface area contributed by atoms with Gasteiger partial charge in [0.15, 0.2) is 18.2 Å². The molecular weight excluding hydrogens is 280 g/mol. The molecule has 4 atom stereocenters. The van der Waals surface area contributed by atoms with Crippen LogP contribution in [0.15, 0.2) is 0 Å². The number of aliphatic hydroxyl groups excluding tert-OH is 1. The molecule has 7 heteroatoms. The largest absolute Gasteiger partial charge is 0.467 e. The molecule has 0 amide bonds. The number of unbranched alkanes of at least 4 members (excludes halogenated alkanes) is 1. The van der Waals surface area contributed by atoms with E-state index in [0.717, 1.165) is 12.8 Å². The molecule has 1 saturated heterocycles. The average molecular weight is 306 g/mol. The molecule has 1 aliphatic heterocycles. The zero-order valence-electron chi connectivity index (χ0n) is 13.3. The van der Waals surface area contributed by atoms with Crippen LogP contribution in [-0.4, -0.2) is 62.3 Å². The fourth-order valence-electron chi connectivity index (χ4n) is 2.15. The predicted octanol–water partition coefficient (Wildman–Crippen LogP) is 0.830.